The number of carbonyl (C=O) groups excluding carboxylic acids is 3. The van der Waals surface area contributed by atoms with Crippen LogP contribution in [0.4, 0.5) is 4.39 Å². The van der Waals surface area contributed by atoms with E-state index in [1.165, 1.54) is 25.1 Å². The molecule has 160 valence electrons. The second kappa shape index (κ2) is 11.2. The normalized spacial score (nSPS) is 13.7. The molecule has 9 heteroatoms. The zero-order valence-corrected chi connectivity index (χ0v) is 17.3. The summed E-state index contributed by atoms with van der Waals surface area (Å²) in [6, 6.07) is 12.4. The summed E-state index contributed by atoms with van der Waals surface area (Å²) in [5, 5.41) is 4.94. The fourth-order valence-corrected chi connectivity index (χ4v) is 3.96. The Morgan fingerprint density at radius 1 is 1.00 bits per heavy atom. The van der Waals surface area contributed by atoms with Crippen LogP contribution in [0.1, 0.15) is 18.9 Å². The van der Waals surface area contributed by atoms with Crippen molar-refractivity contribution in [3.8, 4) is 0 Å². The number of carbonyl (C=O) groups is 3. The Hall–Kier alpha value is -3.07. The minimum atomic E-state index is -1.37. The molecule has 0 aliphatic rings. The zero-order valence-electron chi connectivity index (χ0n) is 16.5. The first-order valence-corrected chi connectivity index (χ1v) is 10.6. The molecule has 4 N–H and O–H groups in total. The molecule has 0 spiro atoms. The van der Waals surface area contributed by atoms with Crippen molar-refractivity contribution < 1.29 is 23.0 Å². The molecule has 2 rings (SSSR count). The van der Waals surface area contributed by atoms with Crippen LogP contribution >= 0.6 is 0 Å². The van der Waals surface area contributed by atoms with E-state index in [9.17, 15) is 23.0 Å². The van der Waals surface area contributed by atoms with Gasteiger partial charge < -0.3 is 16.4 Å². The van der Waals surface area contributed by atoms with E-state index < -0.39 is 46.4 Å². The number of amides is 3. The molecule has 2 aromatic carbocycles. The predicted molar refractivity (Wildman–Crippen MR) is 111 cm³/mol. The van der Waals surface area contributed by atoms with Crippen molar-refractivity contribution in [2.75, 3.05) is 5.75 Å². The number of rotatable bonds is 10. The fraction of sp³-hybridized carbons (Fsp3) is 0.286. The van der Waals surface area contributed by atoms with Crippen molar-refractivity contribution in [1.82, 2.24) is 10.6 Å². The summed E-state index contributed by atoms with van der Waals surface area (Å²) in [6.07, 6.45) is -0.0470. The van der Waals surface area contributed by atoms with Gasteiger partial charge in [-0.15, -0.1) is 0 Å². The molecule has 2 aromatic rings. The molecule has 30 heavy (non-hydrogen) atoms. The van der Waals surface area contributed by atoms with E-state index in [-0.39, 0.29) is 24.2 Å². The van der Waals surface area contributed by atoms with Gasteiger partial charge in [0.05, 0.1) is 10.8 Å². The Balaban J connectivity index is 2.06. The smallest absolute Gasteiger partial charge is 0.243 e. The highest BCUT2D eigenvalue weighted by atomic mass is 32.2. The molecule has 3 atom stereocenters. The maximum Gasteiger partial charge on any atom is 0.243 e. The molecule has 0 fully saturated rings. The minimum absolute atomic E-state index is 0.0507. The van der Waals surface area contributed by atoms with Crippen LogP contribution in [-0.4, -0.2) is 39.8 Å². The summed E-state index contributed by atoms with van der Waals surface area (Å²) in [7, 11) is -1.37. The number of primary amides is 1. The van der Waals surface area contributed by atoms with Crippen molar-refractivity contribution in [3.63, 3.8) is 0 Å². The Labute approximate surface area is 176 Å². The molecule has 0 heterocycles. The highest BCUT2D eigenvalue weighted by Crippen LogP contribution is 2.11. The lowest BCUT2D eigenvalue weighted by Crippen LogP contribution is -2.53. The second-order valence-corrected chi connectivity index (χ2v) is 8.23. The third-order valence-electron chi connectivity index (χ3n) is 4.33. The maximum absolute atomic E-state index is 14.0. The number of halogens is 1. The van der Waals surface area contributed by atoms with Gasteiger partial charge in [0.2, 0.25) is 17.7 Å². The average Bonchev–Trinajstić information content (AvgIpc) is 2.71. The molecular weight excluding hydrogens is 409 g/mol. The summed E-state index contributed by atoms with van der Waals surface area (Å²) < 4.78 is 26.3. The van der Waals surface area contributed by atoms with Crippen LogP contribution < -0.4 is 16.4 Å². The molecule has 0 bridgehead atoms. The first-order chi connectivity index (χ1) is 14.3. The van der Waals surface area contributed by atoms with Gasteiger partial charge in [-0.25, -0.2) is 4.39 Å². The first-order valence-electron chi connectivity index (χ1n) is 9.31. The molecular formula is C21H24FN3O4S. The van der Waals surface area contributed by atoms with Crippen LogP contribution in [0.2, 0.25) is 0 Å². The molecule has 3 amide bonds. The molecule has 0 aliphatic carbocycles. The van der Waals surface area contributed by atoms with Crippen LogP contribution in [0.5, 0.6) is 0 Å². The maximum atomic E-state index is 14.0. The summed E-state index contributed by atoms with van der Waals surface area (Å²) >= 11 is 0. The van der Waals surface area contributed by atoms with Gasteiger partial charge in [-0.1, -0.05) is 36.4 Å². The number of hydrogen-bond donors (Lipinski definition) is 3. The minimum Gasteiger partial charge on any atom is -0.368 e. The van der Waals surface area contributed by atoms with Gasteiger partial charge in [-0.3, -0.25) is 18.6 Å². The number of nitrogens with one attached hydrogen (secondary N) is 2. The fourth-order valence-electron chi connectivity index (χ4n) is 2.81. The summed E-state index contributed by atoms with van der Waals surface area (Å²) in [5.41, 5.74) is 5.63. The van der Waals surface area contributed by atoms with Crippen molar-refractivity contribution in [2.24, 2.45) is 5.73 Å². The lowest BCUT2D eigenvalue weighted by molar-refractivity contribution is -0.130. The van der Waals surface area contributed by atoms with Crippen LogP contribution in [-0.2, 0) is 31.6 Å². The van der Waals surface area contributed by atoms with E-state index in [2.05, 4.69) is 10.6 Å². The molecule has 0 radical (unpaired) electrons. The molecule has 0 saturated carbocycles. The number of hydrogen-bond acceptors (Lipinski definition) is 4. The Kier molecular flexibility index (Phi) is 8.67. The lowest BCUT2D eigenvalue weighted by atomic mass is 10.0. The Morgan fingerprint density at radius 3 is 2.23 bits per heavy atom. The predicted octanol–water partition coefficient (Wildman–Crippen LogP) is 1.04. The number of benzene rings is 2. The average molecular weight is 434 g/mol. The van der Waals surface area contributed by atoms with Gasteiger partial charge in [0.1, 0.15) is 17.9 Å². The summed E-state index contributed by atoms with van der Waals surface area (Å²) in [6.45, 7) is 1.23. The van der Waals surface area contributed by atoms with Crippen molar-refractivity contribution >= 4 is 28.5 Å². The first kappa shape index (κ1) is 23.2. The standard InChI is InChI=1S/C21H24FN3O4S/c1-14(26)24-19(13-15-7-5-6-10-17(15)22)21(28)25-18(20(23)27)11-12-30(29)16-8-3-2-4-9-16/h2-10,18-19H,11-13H2,1H3,(H2,23,27)(H,24,26)(H,25,28)/t18-,19+,30-/m0/s1. The third kappa shape index (κ3) is 7.07. The van der Waals surface area contributed by atoms with E-state index >= 15 is 0 Å². The van der Waals surface area contributed by atoms with Gasteiger partial charge in [-0.05, 0) is 30.2 Å². The summed E-state index contributed by atoms with van der Waals surface area (Å²) in [5.74, 6) is -2.35. The quantitative estimate of drug-likeness (QED) is 0.519. The largest absolute Gasteiger partial charge is 0.368 e. The molecule has 0 saturated heterocycles. The number of nitrogens with two attached hydrogens (primary N) is 1. The SMILES string of the molecule is CC(=O)N[C@H](Cc1ccccc1F)C(=O)N[C@@H](CC[S@](=O)c1ccccc1)C(N)=O. The monoisotopic (exact) mass is 433 g/mol. The second-order valence-electron chi connectivity index (χ2n) is 6.66. The van der Waals surface area contributed by atoms with E-state index in [0.29, 0.717) is 4.90 Å². The molecule has 0 unspecified atom stereocenters. The molecule has 7 nitrogen and oxygen atoms in total. The molecule has 0 aliphatic heterocycles. The van der Waals surface area contributed by atoms with Gasteiger partial charge in [0.15, 0.2) is 0 Å². The third-order valence-corrected chi connectivity index (χ3v) is 5.74. The van der Waals surface area contributed by atoms with E-state index in [4.69, 9.17) is 5.73 Å². The van der Waals surface area contributed by atoms with E-state index in [1.54, 1.807) is 36.4 Å². The van der Waals surface area contributed by atoms with Crippen molar-refractivity contribution in [3.05, 3.63) is 66.0 Å². The van der Waals surface area contributed by atoms with E-state index in [1.807, 2.05) is 0 Å². The van der Waals surface area contributed by atoms with Crippen molar-refractivity contribution in [2.45, 2.75) is 36.7 Å². The molecule has 0 aromatic heterocycles. The summed E-state index contributed by atoms with van der Waals surface area (Å²) in [4.78, 5) is 36.6. The lowest BCUT2D eigenvalue weighted by Gasteiger charge is -2.21. The highest BCUT2D eigenvalue weighted by Gasteiger charge is 2.26. The van der Waals surface area contributed by atoms with Crippen molar-refractivity contribution in [1.29, 1.82) is 0 Å². The Morgan fingerprint density at radius 2 is 1.63 bits per heavy atom. The zero-order chi connectivity index (χ0) is 22.1. The van der Waals surface area contributed by atoms with Gasteiger partial charge >= 0.3 is 0 Å². The topological polar surface area (TPSA) is 118 Å². The highest BCUT2D eigenvalue weighted by molar-refractivity contribution is 7.85. The van der Waals surface area contributed by atoms with Gasteiger partial charge in [0.25, 0.3) is 0 Å². The van der Waals surface area contributed by atoms with Crippen LogP contribution in [0, 0.1) is 5.82 Å². The van der Waals surface area contributed by atoms with Crippen LogP contribution in [0.3, 0.4) is 0 Å². The van der Waals surface area contributed by atoms with E-state index in [0.717, 1.165) is 0 Å². The van der Waals surface area contributed by atoms with Crippen LogP contribution in [0.25, 0.3) is 0 Å². The van der Waals surface area contributed by atoms with Crippen LogP contribution in [0.15, 0.2) is 59.5 Å². The Bertz CT molecular complexity index is 923. The van der Waals surface area contributed by atoms with Gasteiger partial charge in [-0.2, -0.15) is 0 Å². The van der Waals surface area contributed by atoms with Gasteiger partial charge in [0, 0.05) is 24.0 Å².